The van der Waals surface area contributed by atoms with E-state index in [1.807, 2.05) is 0 Å². The number of amides is 1. The molecule has 1 amide bonds. The van der Waals surface area contributed by atoms with Crippen molar-refractivity contribution in [1.29, 1.82) is 0 Å². The molecule has 0 aliphatic heterocycles. The fourth-order valence-electron chi connectivity index (χ4n) is 2.77. The molecule has 0 saturated heterocycles. The highest BCUT2D eigenvalue weighted by molar-refractivity contribution is 7.15. The Morgan fingerprint density at radius 3 is 2.62 bits per heavy atom. The smallest absolute Gasteiger partial charge is 0.229 e. The highest BCUT2D eigenvalue weighted by Gasteiger charge is 2.22. The quantitative estimate of drug-likeness (QED) is 0.841. The standard InChI is InChI=1S/C15H26N4OS/c1-3-19(4-2)11-10-13-17-18-15(21-13)16-14(20)12-8-6-5-7-9-12/h12H,3-11H2,1-2H3,(H,16,18,20). The van der Waals surface area contributed by atoms with Crippen molar-refractivity contribution in [2.75, 3.05) is 25.0 Å². The summed E-state index contributed by atoms with van der Waals surface area (Å²) in [6.45, 7) is 7.44. The van der Waals surface area contributed by atoms with Crippen LogP contribution in [0, 0.1) is 5.92 Å². The van der Waals surface area contributed by atoms with Crippen molar-refractivity contribution in [2.24, 2.45) is 5.92 Å². The van der Waals surface area contributed by atoms with Gasteiger partial charge in [-0.2, -0.15) is 0 Å². The Kier molecular flexibility index (Phi) is 6.57. The first-order valence-electron chi connectivity index (χ1n) is 8.08. The molecule has 0 unspecified atom stereocenters. The van der Waals surface area contributed by atoms with E-state index < -0.39 is 0 Å². The van der Waals surface area contributed by atoms with Crippen molar-refractivity contribution in [2.45, 2.75) is 52.4 Å². The average molecular weight is 310 g/mol. The van der Waals surface area contributed by atoms with Crippen LogP contribution >= 0.6 is 11.3 Å². The maximum atomic E-state index is 12.2. The minimum absolute atomic E-state index is 0.126. The van der Waals surface area contributed by atoms with Crippen molar-refractivity contribution < 1.29 is 4.79 Å². The van der Waals surface area contributed by atoms with E-state index in [0.29, 0.717) is 5.13 Å². The van der Waals surface area contributed by atoms with Crippen LogP contribution in [0.3, 0.4) is 0 Å². The number of hydrogen-bond donors (Lipinski definition) is 1. The Morgan fingerprint density at radius 2 is 1.95 bits per heavy atom. The highest BCUT2D eigenvalue weighted by Crippen LogP contribution is 2.25. The van der Waals surface area contributed by atoms with Crippen molar-refractivity contribution in [3.05, 3.63) is 5.01 Å². The Balaban J connectivity index is 1.80. The molecule has 1 aromatic rings. The molecule has 118 valence electrons. The number of anilines is 1. The lowest BCUT2D eigenvalue weighted by Gasteiger charge is -2.19. The molecule has 1 N–H and O–H groups in total. The topological polar surface area (TPSA) is 58.1 Å². The van der Waals surface area contributed by atoms with Crippen LogP contribution in [-0.2, 0) is 11.2 Å². The van der Waals surface area contributed by atoms with Gasteiger partial charge in [0.2, 0.25) is 11.0 Å². The molecular formula is C15H26N4OS. The van der Waals surface area contributed by atoms with Gasteiger partial charge in [-0.25, -0.2) is 0 Å². The van der Waals surface area contributed by atoms with E-state index in [2.05, 4.69) is 34.3 Å². The molecule has 1 heterocycles. The largest absolute Gasteiger partial charge is 0.303 e. The lowest BCUT2D eigenvalue weighted by Crippen LogP contribution is -2.25. The van der Waals surface area contributed by atoms with Crippen LogP contribution in [0.25, 0.3) is 0 Å². The van der Waals surface area contributed by atoms with E-state index in [9.17, 15) is 4.79 Å². The fourth-order valence-corrected chi connectivity index (χ4v) is 3.50. The summed E-state index contributed by atoms with van der Waals surface area (Å²) in [5.41, 5.74) is 0. The van der Waals surface area contributed by atoms with Crippen LogP contribution in [-0.4, -0.2) is 40.6 Å². The van der Waals surface area contributed by atoms with Gasteiger partial charge in [-0.15, -0.1) is 10.2 Å². The Labute approximate surface area is 131 Å². The van der Waals surface area contributed by atoms with Gasteiger partial charge in [0, 0.05) is 18.9 Å². The number of likely N-dealkylation sites (N-methyl/N-ethyl adjacent to an activating group) is 1. The summed E-state index contributed by atoms with van der Waals surface area (Å²) in [4.78, 5) is 14.5. The van der Waals surface area contributed by atoms with Gasteiger partial charge in [0.1, 0.15) is 5.01 Å². The number of nitrogens with zero attached hydrogens (tertiary/aromatic N) is 3. The first-order valence-corrected chi connectivity index (χ1v) is 8.90. The predicted molar refractivity (Wildman–Crippen MR) is 86.6 cm³/mol. The zero-order valence-electron chi connectivity index (χ0n) is 13.1. The lowest BCUT2D eigenvalue weighted by atomic mass is 9.89. The molecule has 1 aliphatic carbocycles. The zero-order chi connectivity index (χ0) is 15.1. The molecule has 0 radical (unpaired) electrons. The van der Waals surface area contributed by atoms with Crippen LogP contribution in [0.1, 0.15) is 51.0 Å². The molecule has 0 bridgehead atoms. The second-order valence-electron chi connectivity index (χ2n) is 5.60. The summed E-state index contributed by atoms with van der Waals surface area (Å²) >= 11 is 1.51. The minimum Gasteiger partial charge on any atom is -0.303 e. The summed E-state index contributed by atoms with van der Waals surface area (Å²) in [5.74, 6) is 0.294. The van der Waals surface area contributed by atoms with Crippen molar-refractivity contribution in [1.82, 2.24) is 15.1 Å². The van der Waals surface area contributed by atoms with Gasteiger partial charge in [-0.05, 0) is 25.9 Å². The Hall–Kier alpha value is -1.01. The van der Waals surface area contributed by atoms with Gasteiger partial charge in [0.05, 0.1) is 0 Å². The highest BCUT2D eigenvalue weighted by atomic mass is 32.1. The number of carbonyl (C=O) groups excluding carboxylic acids is 1. The first-order chi connectivity index (χ1) is 10.2. The van der Waals surface area contributed by atoms with E-state index in [4.69, 9.17) is 0 Å². The van der Waals surface area contributed by atoms with Crippen LogP contribution < -0.4 is 5.32 Å². The lowest BCUT2D eigenvalue weighted by molar-refractivity contribution is -0.120. The average Bonchev–Trinajstić information content (AvgIpc) is 2.96. The molecule has 6 heteroatoms. The third-order valence-electron chi connectivity index (χ3n) is 4.21. The van der Waals surface area contributed by atoms with Gasteiger partial charge in [0.25, 0.3) is 0 Å². The minimum atomic E-state index is 0.126. The van der Waals surface area contributed by atoms with Gasteiger partial charge >= 0.3 is 0 Å². The first kappa shape index (κ1) is 16.4. The predicted octanol–water partition coefficient (Wildman–Crippen LogP) is 2.94. The van der Waals surface area contributed by atoms with Crippen molar-refractivity contribution in [3.8, 4) is 0 Å². The summed E-state index contributed by atoms with van der Waals surface area (Å²) in [6.07, 6.45) is 6.53. The second kappa shape index (κ2) is 8.44. The summed E-state index contributed by atoms with van der Waals surface area (Å²) in [7, 11) is 0. The summed E-state index contributed by atoms with van der Waals surface area (Å²) in [5, 5.41) is 12.9. The third kappa shape index (κ3) is 5.04. The molecule has 5 nitrogen and oxygen atoms in total. The zero-order valence-corrected chi connectivity index (χ0v) is 13.9. The Bertz CT molecular complexity index is 439. The maximum Gasteiger partial charge on any atom is 0.229 e. The van der Waals surface area contributed by atoms with Crippen LogP contribution in [0.4, 0.5) is 5.13 Å². The molecule has 2 rings (SSSR count). The maximum absolute atomic E-state index is 12.2. The van der Waals surface area contributed by atoms with Gasteiger partial charge in [-0.3, -0.25) is 4.79 Å². The fraction of sp³-hybridized carbons (Fsp3) is 0.800. The van der Waals surface area contributed by atoms with E-state index in [1.54, 1.807) is 0 Å². The molecular weight excluding hydrogens is 284 g/mol. The molecule has 1 saturated carbocycles. The second-order valence-corrected chi connectivity index (χ2v) is 6.66. The molecule has 0 aromatic carbocycles. The van der Waals surface area contributed by atoms with Gasteiger partial charge < -0.3 is 10.2 Å². The summed E-state index contributed by atoms with van der Waals surface area (Å²) in [6, 6.07) is 0. The van der Waals surface area contributed by atoms with E-state index in [0.717, 1.165) is 43.9 Å². The number of rotatable bonds is 7. The molecule has 1 fully saturated rings. The van der Waals surface area contributed by atoms with E-state index in [-0.39, 0.29) is 11.8 Å². The van der Waals surface area contributed by atoms with Gasteiger partial charge in [-0.1, -0.05) is 44.4 Å². The summed E-state index contributed by atoms with van der Waals surface area (Å²) < 4.78 is 0. The van der Waals surface area contributed by atoms with E-state index >= 15 is 0 Å². The van der Waals surface area contributed by atoms with Crippen LogP contribution in [0.15, 0.2) is 0 Å². The SMILES string of the molecule is CCN(CC)CCc1nnc(NC(=O)C2CCCCC2)s1. The molecule has 21 heavy (non-hydrogen) atoms. The third-order valence-corrected chi connectivity index (χ3v) is 5.11. The normalized spacial score (nSPS) is 16.3. The molecule has 0 spiro atoms. The molecule has 1 aromatic heterocycles. The molecule has 1 aliphatic rings. The molecule has 0 atom stereocenters. The van der Waals surface area contributed by atoms with Crippen molar-refractivity contribution >= 4 is 22.4 Å². The van der Waals surface area contributed by atoms with E-state index in [1.165, 1.54) is 30.6 Å². The Morgan fingerprint density at radius 1 is 1.24 bits per heavy atom. The van der Waals surface area contributed by atoms with Crippen LogP contribution in [0.2, 0.25) is 0 Å². The number of nitrogens with one attached hydrogen (secondary N) is 1. The van der Waals surface area contributed by atoms with Crippen molar-refractivity contribution in [3.63, 3.8) is 0 Å². The number of aromatic nitrogens is 2. The number of carbonyl (C=O) groups is 1. The monoisotopic (exact) mass is 310 g/mol. The number of hydrogen-bond acceptors (Lipinski definition) is 5. The van der Waals surface area contributed by atoms with Gasteiger partial charge in [0.15, 0.2) is 0 Å². The van der Waals surface area contributed by atoms with Crippen LogP contribution in [0.5, 0.6) is 0 Å².